The van der Waals surface area contributed by atoms with Crippen molar-refractivity contribution in [1.29, 1.82) is 0 Å². The van der Waals surface area contributed by atoms with E-state index in [0.29, 0.717) is 0 Å². The highest BCUT2D eigenvalue weighted by atomic mass is 31.2. The first kappa shape index (κ1) is 9.11. The van der Waals surface area contributed by atoms with Crippen LogP contribution in [0.2, 0.25) is 0 Å². The molecule has 0 heterocycles. The standard InChI is InChI=1S/C4H13N2O2P/c1-3(5)9(7,8)4(2)6/h3-4H,5-6H2,1-2H3,(H,7,8). The van der Waals surface area contributed by atoms with E-state index < -0.39 is 18.9 Å². The molecule has 0 saturated heterocycles. The number of hydrogen-bond acceptors (Lipinski definition) is 3. The third-order valence-electron chi connectivity index (χ3n) is 1.17. The third-order valence-corrected chi connectivity index (χ3v) is 3.50. The molecule has 0 fully saturated rings. The molecule has 2 unspecified atom stereocenters. The summed E-state index contributed by atoms with van der Waals surface area (Å²) in [6.45, 7) is 2.95. The first-order valence-corrected chi connectivity index (χ1v) is 4.52. The van der Waals surface area contributed by atoms with Gasteiger partial charge in [-0.15, -0.1) is 0 Å². The quantitative estimate of drug-likeness (QED) is 0.480. The van der Waals surface area contributed by atoms with E-state index in [1.165, 1.54) is 13.8 Å². The summed E-state index contributed by atoms with van der Waals surface area (Å²) in [6, 6.07) is 0. The Morgan fingerprint density at radius 1 is 1.33 bits per heavy atom. The van der Waals surface area contributed by atoms with Crippen LogP contribution in [0.4, 0.5) is 0 Å². The zero-order valence-electron chi connectivity index (χ0n) is 5.61. The topological polar surface area (TPSA) is 89.3 Å². The summed E-state index contributed by atoms with van der Waals surface area (Å²) in [7, 11) is -3.28. The minimum absolute atomic E-state index is 0.725. The van der Waals surface area contributed by atoms with Gasteiger partial charge in [0.2, 0.25) is 7.37 Å². The lowest BCUT2D eigenvalue weighted by Crippen LogP contribution is -2.26. The van der Waals surface area contributed by atoms with Gasteiger partial charge < -0.3 is 16.4 Å². The lowest BCUT2D eigenvalue weighted by molar-refractivity contribution is 0.455. The van der Waals surface area contributed by atoms with E-state index in [0.717, 1.165) is 0 Å². The molecule has 5 heteroatoms. The molecule has 0 aliphatic heterocycles. The minimum atomic E-state index is -3.28. The molecule has 0 aliphatic carbocycles. The van der Waals surface area contributed by atoms with Crippen LogP contribution in [0, 0.1) is 0 Å². The van der Waals surface area contributed by atoms with Crippen molar-refractivity contribution >= 4 is 7.37 Å². The highest BCUT2D eigenvalue weighted by molar-refractivity contribution is 7.59. The number of hydrogen-bond donors (Lipinski definition) is 3. The fourth-order valence-electron chi connectivity index (χ4n) is 0.371. The molecule has 0 radical (unpaired) electrons. The Morgan fingerprint density at radius 2 is 1.56 bits per heavy atom. The maximum atomic E-state index is 10.9. The van der Waals surface area contributed by atoms with Gasteiger partial charge in [-0.2, -0.15) is 0 Å². The third kappa shape index (κ3) is 2.06. The van der Waals surface area contributed by atoms with Crippen molar-refractivity contribution in [2.45, 2.75) is 25.4 Å². The van der Waals surface area contributed by atoms with Crippen LogP contribution >= 0.6 is 7.37 Å². The summed E-state index contributed by atoms with van der Waals surface area (Å²) >= 11 is 0. The summed E-state index contributed by atoms with van der Waals surface area (Å²) in [5.41, 5.74) is 10.4. The molecule has 0 aromatic heterocycles. The van der Waals surface area contributed by atoms with Crippen LogP contribution in [0.1, 0.15) is 13.8 Å². The lowest BCUT2D eigenvalue weighted by atomic mass is 10.8. The number of nitrogens with two attached hydrogens (primary N) is 2. The van der Waals surface area contributed by atoms with Crippen LogP contribution < -0.4 is 11.5 Å². The molecule has 5 N–H and O–H groups in total. The second kappa shape index (κ2) is 2.80. The summed E-state index contributed by atoms with van der Waals surface area (Å²) in [5.74, 6) is -1.45. The van der Waals surface area contributed by atoms with Crippen molar-refractivity contribution in [2.75, 3.05) is 0 Å². The second-order valence-electron chi connectivity index (χ2n) is 2.15. The minimum Gasteiger partial charge on any atom is -0.342 e. The van der Waals surface area contributed by atoms with Crippen molar-refractivity contribution in [1.82, 2.24) is 0 Å². The Bertz CT molecular complexity index is 123. The van der Waals surface area contributed by atoms with Crippen molar-refractivity contribution in [3.8, 4) is 0 Å². The molecule has 56 valence electrons. The van der Waals surface area contributed by atoms with E-state index in [2.05, 4.69) is 0 Å². The Morgan fingerprint density at radius 3 is 1.56 bits per heavy atom. The van der Waals surface area contributed by atoms with Gasteiger partial charge in [-0.3, -0.25) is 4.57 Å². The van der Waals surface area contributed by atoms with Crippen molar-refractivity contribution in [3.05, 3.63) is 0 Å². The smallest absolute Gasteiger partial charge is 0.232 e. The Balaban J connectivity index is 4.21. The molecule has 2 atom stereocenters. The molecule has 0 aromatic rings. The fourth-order valence-corrected chi connectivity index (χ4v) is 1.11. The van der Waals surface area contributed by atoms with E-state index in [1.54, 1.807) is 0 Å². The van der Waals surface area contributed by atoms with Crippen LogP contribution in [0.3, 0.4) is 0 Å². The van der Waals surface area contributed by atoms with Gasteiger partial charge in [0.25, 0.3) is 0 Å². The number of rotatable bonds is 2. The zero-order chi connectivity index (χ0) is 7.65. The maximum absolute atomic E-state index is 10.9. The predicted molar refractivity (Wildman–Crippen MR) is 37.1 cm³/mol. The molecule has 9 heavy (non-hydrogen) atoms. The van der Waals surface area contributed by atoms with Gasteiger partial charge in [-0.1, -0.05) is 0 Å². The van der Waals surface area contributed by atoms with Crippen LogP contribution in [-0.4, -0.2) is 16.5 Å². The van der Waals surface area contributed by atoms with E-state index in [-0.39, 0.29) is 0 Å². The van der Waals surface area contributed by atoms with Crippen LogP contribution in [0.25, 0.3) is 0 Å². The first-order chi connectivity index (χ1) is 3.89. The van der Waals surface area contributed by atoms with Gasteiger partial charge in [-0.25, -0.2) is 0 Å². The molecular formula is C4H13N2O2P. The fraction of sp³-hybridized carbons (Fsp3) is 1.00. The molecule has 0 spiro atoms. The average molecular weight is 152 g/mol. The Hall–Kier alpha value is 0.110. The molecular weight excluding hydrogens is 139 g/mol. The summed E-state index contributed by atoms with van der Waals surface area (Å²) in [5, 5.41) is 0. The van der Waals surface area contributed by atoms with Crippen molar-refractivity contribution < 1.29 is 9.46 Å². The second-order valence-corrected chi connectivity index (χ2v) is 5.13. The molecule has 0 bridgehead atoms. The highest BCUT2D eigenvalue weighted by Gasteiger charge is 2.27. The van der Waals surface area contributed by atoms with E-state index >= 15 is 0 Å². The van der Waals surface area contributed by atoms with Gasteiger partial charge in [0.05, 0.1) is 11.6 Å². The van der Waals surface area contributed by atoms with E-state index in [1.807, 2.05) is 0 Å². The average Bonchev–Trinajstić information content (AvgIpc) is 1.65. The molecule has 0 aromatic carbocycles. The first-order valence-electron chi connectivity index (χ1n) is 2.72. The SMILES string of the molecule is CC(N)P(=O)(O)C(C)N. The van der Waals surface area contributed by atoms with Gasteiger partial charge in [0, 0.05) is 0 Å². The Kier molecular flexibility index (Phi) is 2.83. The van der Waals surface area contributed by atoms with Crippen LogP contribution in [0.15, 0.2) is 0 Å². The van der Waals surface area contributed by atoms with E-state index in [4.69, 9.17) is 16.4 Å². The lowest BCUT2D eigenvalue weighted by Gasteiger charge is -2.18. The van der Waals surface area contributed by atoms with Gasteiger partial charge in [0.1, 0.15) is 0 Å². The van der Waals surface area contributed by atoms with Crippen molar-refractivity contribution in [3.63, 3.8) is 0 Å². The van der Waals surface area contributed by atoms with E-state index in [9.17, 15) is 4.57 Å². The predicted octanol–water partition coefficient (Wildman–Crippen LogP) is -0.134. The molecule has 4 nitrogen and oxygen atoms in total. The highest BCUT2D eigenvalue weighted by Crippen LogP contribution is 2.46. The molecule has 0 amide bonds. The summed E-state index contributed by atoms with van der Waals surface area (Å²) in [4.78, 5) is 8.97. The molecule has 0 saturated carbocycles. The van der Waals surface area contributed by atoms with Gasteiger partial charge in [-0.05, 0) is 13.8 Å². The molecule has 0 rings (SSSR count). The monoisotopic (exact) mass is 152 g/mol. The van der Waals surface area contributed by atoms with Crippen molar-refractivity contribution in [2.24, 2.45) is 11.5 Å². The zero-order valence-corrected chi connectivity index (χ0v) is 6.51. The normalized spacial score (nSPS) is 24.6. The van der Waals surface area contributed by atoms with Crippen LogP contribution in [-0.2, 0) is 4.57 Å². The van der Waals surface area contributed by atoms with Crippen LogP contribution in [0.5, 0.6) is 0 Å². The molecule has 0 aliphatic rings. The van der Waals surface area contributed by atoms with Gasteiger partial charge in [0.15, 0.2) is 0 Å². The largest absolute Gasteiger partial charge is 0.342 e. The summed E-state index contributed by atoms with van der Waals surface area (Å²) in [6.07, 6.45) is 0. The van der Waals surface area contributed by atoms with Gasteiger partial charge >= 0.3 is 0 Å². The maximum Gasteiger partial charge on any atom is 0.232 e. The Labute approximate surface area is 54.7 Å². The summed E-state index contributed by atoms with van der Waals surface area (Å²) < 4.78 is 10.9.